The molecule has 0 saturated heterocycles. The lowest BCUT2D eigenvalue weighted by atomic mass is 10.0. The van der Waals surface area contributed by atoms with Crippen molar-refractivity contribution in [2.45, 2.75) is 26.2 Å². The van der Waals surface area contributed by atoms with Crippen LogP contribution in [0.15, 0.2) is 53.3 Å². The number of aromatic nitrogens is 3. The van der Waals surface area contributed by atoms with Gasteiger partial charge in [-0.15, -0.1) is 0 Å². The SMILES string of the molecule is Cc1[nH]n2c(=O)c(C)c(-c3ccc(C(F)(F)F)cc3)nc2c1-c1ccc(C(F)(F)F)cc1. The van der Waals surface area contributed by atoms with Gasteiger partial charge in [0, 0.05) is 22.4 Å². The van der Waals surface area contributed by atoms with Crippen LogP contribution < -0.4 is 5.56 Å². The molecule has 2 aromatic heterocycles. The van der Waals surface area contributed by atoms with Crippen LogP contribution in [-0.2, 0) is 12.4 Å². The topological polar surface area (TPSA) is 50.2 Å². The lowest BCUT2D eigenvalue weighted by molar-refractivity contribution is -0.138. The van der Waals surface area contributed by atoms with Crippen LogP contribution in [0.3, 0.4) is 0 Å². The molecule has 0 spiro atoms. The molecule has 0 aliphatic carbocycles. The summed E-state index contributed by atoms with van der Waals surface area (Å²) >= 11 is 0. The van der Waals surface area contributed by atoms with Crippen molar-refractivity contribution in [2.24, 2.45) is 0 Å². The molecule has 2 heterocycles. The number of H-pyrrole nitrogens is 1. The highest BCUT2D eigenvalue weighted by Gasteiger charge is 2.31. The molecule has 0 radical (unpaired) electrons. The minimum absolute atomic E-state index is 0.160. The van der Waals surface area contributed by atoms with Gasteiger partial charge in [-0.3, -0.25) is 9.89 Å². The Balaban J connectivity index is 1.90. The van der Waals surface area contributed by atoms with Gasteiger partial charge in [-0.05, 0) is 43.7 Å². The van der Waals surface area contributed by atoms with E-state index in [0.717, 1.165) is 24.3 Å². The van der Waals surface area contributed by atoms with Crippen LogP contribution in [0.5, 0.6) is 0 Å². The van der Waals surface area contributed by atoms with Gasteiger partial charge >= 0.3 is 12.4 Å². The van der Waals surface area contributed by atoms with Crippen molar-refractivity contribution in [1.29, 1.82) is 0 Å². The fraction of sp³-hybridized carbons (Fsp3) is 0.182. The summed E-state index contributed by atoms with van der Waals surface area (Å²) in [6, 6.07) is 8.68. The van der Waals surface area contributed by atoms with Crippen LogP contribution in [0.2, 0.25) is 0 Å². The standard InChI is InChI=1S/C22H15F6N3O/c1-11-18(14-5-9-16(10-6-14)22(26,27)28)29-19-17(12(2)30-31(19)20(11)32)13-3-7-15(8-4-13)21(23,24)25/h3-10,30H,1-2H3. The van der Waals surface area contributed by atoms with Gasteiger partial charge in [-0.2, -0.15) is 26.3 Å². The molecule has 2 aromatic carbocycles. The predicted octanol–water partition coefficient (Wildman–Crippen LogP) is 6.01. The van der Waals surface area contributed by atoms with E-state index in [9.17, 15) is 31.1 Å². The molecule has 0 aliphatic rings. The minimum Gasteiger partial charge on any atom is -0.293 e. The average molecular weight is 451 g/mol. The first kappa shape index (κ1) is 21.7. The Labute approximate surface area is 177 Å². The Morgan fingerprint density at radius 2 is 1.25 bits per heavy atom. The van der Waals surface area contributed by atoms with E-state index in [2.05, 4.69) is 10.1 Å². The average Bonchev–Trinajstić information content (AvgIpc) is 3.05. The Morgan fingerprint density at radius 1 is 0.781 bits per heavy atom. The molecule has 4 nitrogen and oxygen atoms in total. The summed E-state index contributed by atoms with van der Waals surface area (Å²) in [5.74, 6) is 0. The maximum atomic E-state index is 12.9. The molecule has 0 saturated carbocycles. The lowest BCUT2D eigenvalue weighted by Crippen LogP contribution is -2.19. The largest absolute Gasteiger partial charge is 0.416 e. The molecule has 32 heavy (non-hydrogen) atoms. The van der Waals surface area contributed by atoms with E-state index >= 15 is 0 Å². The molecule has 166 valence electrons. The summed E-state index contributed by atoms with van der Waals surface area (Å²) < 4.78 is 78.5. The second kappa shape index (κ2) is 7.25. The number of halogens is 6. The number of fused-ring (bicyclic) bond motifs is 1. The molecular formula is C22H15F6N3O. The Morgan fingerprint density at radius 3 is 1.72 bits per heavy atom. The fourth-order valence-electron chi connectivity index (χ4n) is 3.54. The van der Waals surface area contributed by atoms with E-state index in [0.29, 0.717) is 22.4 Å². The molecule has 4 aromatic rings. The van der Waals surface area contributed by atoms with Crippen LogP contribution >= 0.6 is 0 Å². The third kappa shape index (κ3) is 3.65. The van der Waals surface area contributed by atoms with Crippen molar-refractivity contribution in [3.8, 4) is 22.4 Å². The second-order valence-electron chi connectivity index (χ2n) is 7.31. The fourth-order valence-corrected chi connectivity index (χ4v) is 3.54. The number of nitrogens with zero attached hydrogens (tertiary/aromatic N) is 2. The highest BCUT2D eigenvalue weighted by atomic mass is 19.4. The third-order valence-corrected chi connectivity index (χ3v) is 5.17. The molecule has 0 fully saturated rings. The first-order chi connectivity index (χ1) is 14.9. The second-order valence-corrected chi connectivity index (χ2v) is 7.31. The predicted molar refractivity (Wildman–Crippen MR) is 106 cm³/mol. The van der Waals surface area contributed by atoms with Gasteiger partial charge in [-0.1, -0.05) is 24.3 Å². The van der Waals surface area contributed by atoms with E-state index in [4.69, 9.17) is 0 Å². The van der Waals surface area contributed by atoms with Crippen LogP contribution in [0.25, 0.3) is 28.0 Å². The number of nitrogens with one attached hydrogen (secondary N) is 1. The van der Waals surface area contributed by atoms with Gasteiger partial charge < -0.3 is 0 Å². The highest BCUT2D eigenvalue weighted by molar-refractivity contribution is 5.81. The van der Waals surface area contributed by atoms with Gasteiger partial charge in [0.25, 0.3) is 5.56 Å². The zero-order chi connectivity index (χ0) is 23.4. The van der Waals surface area contributed by atoms with Crippen LogP contribution in [0.1, 0.15) is 22.4 Å². The number of aromatic amines is 1. The molecule has 0 atom stereocenters. The van der Waals surface area contributed by atoms with E-state index in [1.54, 1.807) is 6.92 Å². The molecule has 1 N–H and O–H groups in total. The Hall–Kier alpha value is -3.56. The zero-order valence-electron chi connectivity index (χ0n) is 16.7. The van der Waals surface area contributed by atoms with E-state index in [1.165, 1.54) is 35.7 Å². The van der Waals surface area contributed by atoms with Crippen molar-refractivity contribution in [3.05, 3.63) is 81.3 Å². The molecular weight excluding hydrogens is 436 g/mol. The monoisotopic (exact) mass is 451 g/mol. The Kier molecular flexibility index (Phi) is 4.91. The summed E-state index contributed by atoms with van der Waals surface area (Å²) in [7, 11) is 0. The van der Waals surface area contributed by atoms with E-state index in [-0.39, 0.29) is 16.9 Å². The molecule has 0 aliphatic heterocycles. The number of aryl methyl sites for hydroxylation is 1. The molecule has 10 heteroatoms. The van der Waals surface area contributed by atoms with Gasteiger partial charge in [0.2, 0.25) is 0 Å². The highest BCUT2D eigenvalue weighted by Crippen LogP contribution is 2.34. The number of benzene rings is 2. The van der Waals surface area contributed by atoms with Crippen LogP contribution in [0.4, 0.5) is 26.3 Å². The summed E-state index contributed by atoms with van der Waals surface area (Å²) in [6.07, 6.45) is -8.99. The molecule has 0 unspecified atom stereocenters. The summed E-state index contributed by atoms with van der Waals surface area (Å²) in [5, 5.41) is 2.86. The van der Waals surface area contributed by atoms with Crippen molar-refractivity contribution < 1.29 is 26.3 Å². The Bertz CT molecular complexity index is 1360. The van der Waals surface area contributed by atoms with E-state index < -0.39 is 29.0 Å². The summed E-state index contributed by atoms with van der Waals surface area (Å²) in [6.45, 7) is 3.15. The summed E-state index contributed by atoms with van der Waals surface area (Å²) in [4.78, 5) is 17.4. The lowest BCUT2D eigenvalue weighted by Gasteiger charge is -2.10. The van der Waals surface area contributed by atoms with Gasteiger partial charge in [-0.25, -0.2) is 9.50 Å². The van der Waals surface area contributed by atoms with Crippen molar-refractivity contribution in [2.75, 3.05) is 0 Å². The smallest absolute Gasteiger partial charge is 0.293 e. The quantitative estimate of drug-likeness (QED) is 0.380. The zero-order valence-corrected chi connectivity index (χ0v) is 16.7. The number of hydrogen-bond donors (Lipinski definition) is 1. The minimum atomic E-state index is -4.50. The van der Waals surface area contributed by atoms with E-state index in [1.807, 2.05) is 0 Å². The molecule has 4 rings (SSSR count). The van der Waals surface area contributed by atoms with Crippen LogP contribution in [0, 0.1) is 13.8 Å². The maximum absolute atomic E-state index is 12.9. The normalized spacial score (nSPS) is 12.5. The van der Waals surface area contributed by atoms with Crippen LogP contribution in [-0.4, -0.2) is 14.6 Å². The first-order valence-corrected chi connectivity index (χ1v) is 9.35. The van der Waals surface area contributed by atoms with Crippen molar-refractivity contribution in [1.82, 2.24) is 14.6 Å². The van der Waals surface area contributed by atoms with Crippen molar-refractivity contribution in [3.63, 3.8) is 0 Å². The van der Waals surface area contributed by atoms with Crippen molar-refractivity contribution >= 4 is 5.65 Å². The number of hydrogen-bond acceptors (Lipinski definition) is 2. The summed E-state index contributed by atoms with van der Waals surface area (Å²) in [5.41, 5.74) is 0.0834. The first-order valence-electron chi connectivity index (χ1n) is 9.35. The number of rotatable bonds is 2. The molecule has 0 amide bonds. The number of alkyl halides is 6. The van der Waals surface area contributed by atoms with Gasteiger partial charge in [0.15, 0.2) is 5.65 Å². The maximum Gasteiger partial charge on any atom is 0.416 e. The van der Waals surface area contributed by atoms with Gasteiger partial charge in [0.05, 0.1) is 16.8 Å². The van der Waals surface area contributed by atoms with Gasteiger partial charge in [0.1, 0.15) is 0 Å². The molecule has 0 bridgehead atoms. The third-order valence-electron chi connectivity index (χ3n) is 5.17.